The van der Waals surface area contributed by atoms with E-state index in [0.717, 1.165) is 28.0 Å². The van der Waals surface area contributed by atoms with Crippen LogP contribution in [-0.2, 0) is 17.6 Å². The van der Waals surface area contributed by atoms with Crippen molar-refractivity contribution in [2.75, 3.05) is 6.61 Å². The van der Waals surface area contributed by atoms with Crippen molar-refractivity contribution in [2.24, 2.45) is 11.7 Å². The number of nitrogens with two attached hydrogens (primary N) is 1. The molecular weight excluding hydrogens is 454 g/mol. The molecule has 1 aromatic carbocycles. The summed E-state index contributed by atoms with van der Waals surface area (Å²) in [7, 11) is 0. The highest BCUT2D eigenvalue weighted by molar-refractivity contribution is 7.13. The van der Waals surface area contributed by atoms with E-state index in [-0.39, 0.29) is 13.0 Å². The van der Waals surface area contributed by atoms with Gasteiger partial charge in [0.05, 0.1) is 11.0 Å². The Kier molecular flexibility index (Phi) is 8.46. The molecule has 9 heteroatoms. The number of hydrogen-bond donors (Lipinski definition) is 3. The maximum Gasteiger partial charge on any atom is 0.258 e. The summed E-state index contributed by atoms with van der Waals surface area (Å²) in [4.78, 5) is 12.0. The van der Waals surface area contributed by atoms with Gasteiger partial charge in [-0.2, -0.15) is 0 Å². The van der Waals surface area contributed by atoms with E-state index >= 15 is 0 Å². The number of rotatable bonds is 11. The van der Waals surface area contributed by atoms with Gasteiger partial charge in [-0.15, -0.1) is 21.5 Å². The van der Waals surface area contributed by atoms with Crippen LogP contribution in [0.1, 0.15) is 49.4 Å². The molecule has 2 heterocycles. The van der Waals surface area contributed by atoms with Crippen LogP contribution in [0.15, 0.2) is 21.9 Å². The third-order valence-electron chi connectivity index (χ3n) is 5.61. The lowest BCUT2D eigenvalue weighted by Gasteiger charge is -2.18. The zero-order valence-corrected chi connectivity index (χ0v) is 21.1. The van der Waals surface area contributed by atoms with Crippen LogP contribution >= 0.6 is 11.3 Å². The SMILES string of the molecule is CCc1cc(-c2nnc(-c3scc(CC(C)C)c3C)o2)cc(C)c1OC[C@H](O)CC(O)C(N)=O. The largest absolute Gasteiger partial charge is 0.490 e. The number of benzene rings is 1. The maximum atomic E-state index is 11.0. The molecule has 4 N–H and O–H groups in total. The number of aryl methyl sites for hydroxylation is 2. The van der Waals surface area contributed by atoms with Crippen LogP contribution in [0.2, 0.25) is 0 Å². The summed E-state index contributed by atoms with van der Waals surface area (Å²) >= 11 is 1.62. The molecule has 0 radical (unpaired) electrons. The predicted molar refractivity (Wildman–Crippen MR) is 132 cm³/mol. The van der Waals surface area contributed by atoms with Crippen LogP contribution < -0.4 is 10.5 Å². The molecule has 0 saturated carbocycles. The first-order valence-corrected chi connectivity index (χ1v) is 12.3. The molecule has 34 heavy (non-hydrogen) atoms. The second-order valence-electron chi connectivity index (χ2n) is 8.98. The lowest BCUT2D eigenvalue weighted by molar-refractivity contribution is -0.127. The van der Waals surface area contributed by atoms with E-state index in [1.54, 1.807) is 11.3 Å². The summed E-state index contributed by atoms with van der Waals surface area (Å²) < 4.78 is 11.9. The molecule has 3 rings (SSSR count). The van der Waals surface area contributed by atoms with Gasteiger partial charge in [0.1, 0.15) is 18.5 Å². The van der Waals surface area contributed by atoms with Crippen molar-refractivity contribution in [3.05, 3.63) is 39.8 Å². The van der Waals surface area contributed by atoms with E-state index in [0.29, 0.717) is 29.9 Å². The second kappa shape index (κ2) is 11.1. The van der Waals surface area contributed by atoms with E-state index in [2.05, 4.69) is 36.3 Å². The highest BCUT2D eigenvalue weighted by Gasteiger charge is 2.20. The molecule has 0 saturated heterocycles. The molecule has 3 aromatic rings. The number of aromatic nitrogens is 2. The Morgan fingerprint density at radius 3 is 2.53 bits per heavy atom. The summed E-state index contributed by atoms with van der Waals surface area (Å²) in [5, 5.41) is 30.4. The van der Waals surface area contributed by atoms with E-state index in [1.807, 2.05) is 26.0 Å². The monoisotopic (exact) mass is 487 g/mol. The zero-order chi connectivity index (χ0) is 25.0. The quantitative estimate of drug-likeness (QED) is 0.375. The first-order valence-electron chi connectivity index (χ1n) is 11.4. The highest BCUT2D eigenvalue weighted by atomic mass is 32.1. The van der Waals surface area contributed by atoms with Crippen LogP contribution in [-0.4, -0.2) is 45.1 Å². The van der Waals surface area contributed by atoms with Gasteiger partial charge in [0.2, 0.25) is 11.8 Å². The lowest BCUT2D eigenvalue weighted by Crippen LogP contribution is -2.33. The Labute approximate surface area is 203 Å². The summed E-state index contributed by atoms with van der Waals surface area (Å²) in [5.74, 6) is 1.29. The number of nitrogens with zero attached hydrogens (tertiary/aromatic N) is 2. The number of carbonyl (C=O) groups excluding carboxylic acids is 1. The number of thiophene rings is 1. The zero-order valence-electron chi connectivity index (χ0n) is 20.3. The molecule has 0 spiro atoms. The molecule has 0 aliphatic carbocycles. The van der Waals surface area contributed by atoms with Gasteiger partial charge in [-0.1, -0.05) is 20.8 Å². The fourth-order valence-corrected chi connectivity index (χ4v) is 4.82. The van der Waals surface area contributed by atoms with Crippen molar-refractivity contribution in [1.29, 1.82) is 0 Å². The molecule has 0 aliphatic rings. The van der Waals surface area contributed by atoms with E-state index < -0.39 is 18.1 Å². The minimum absolute atomic E-state index is 0.0708. The standard InChI is InChI=1S/C25H33N3O5S/c1-6-16-9-17(8-14(4)21(16)32-11-19(29)10-20(30)23(26)31)24-27-28-25(33-24)22-15(5)18(12-34-22)7-13(2)3/h8-9,12-13,19-20,29-30H,6-7,10-11H2,1-5H3,(H2,26,31)/t19-,20?/m1/s1. The Balaban J connectivity index is 1.79. The van der Waals surface area contributed by atoms with Crippen LogP contribution in [0.3, 0.4) is 0 Å². The van der Waals surface area contributed by atoms with Crippen LogP contribution in [0.25, 0.3) is 22.2 Å². The number of carbonyl (C=O) groups is 1. The average Bonchev–Trinajstić information content (AvgIpc) is 3.39. The van der Waals surface area contributed by atoms with E-state index in [1.165, 1.54) is 11.1 Å². The number of amides is 1. The Bertz CT molecular complexity index is 1140. The molecule has 0 fully saturated rings. The Hall–Kier alpha value is -2.75. The lowest BCUT2D eigenvalue weighted by atomic mass is 10.0. The summed E-state index contributed by atoms with van der Waals surface area (Å²) in [6.45, 7) is 10.3. The Morgan fingerprint density at radius 2 is 1.88 bits per heavy atom. The maximum absolute atomic E-state index is 11.0. The van der Waals surface area contributed by atoms with Gasteiger partial charge in [0.25, 0.3) is 5.89 Å². The van der Waals surface area contributed by atoms with Crippen LogP contribution in [0.5, 0.6) is 5.75 Å². The molecule has 0 bridgehead atoms. The minimum atomic E-state index is -1.41. The normalized spacial score (nSPS) is 13.3. The number of hydrogen-bond acceptors (Lipinski definition) is 8. The third-order valence-corrected chi connectivity index (χ3v) is 6.73. The Morgan fingerprint density at radius 1 is 1.18 bits per heavy atom. The first kappa shape index (κ1) is 25.9. The van der Waals surface area contributed by atoms with Crippen molar-refractivity contribution in [1.82, 2.24) is 10.2 Å². The van der Waals surface area contributed by atoms with Crippen molar-refractivity contribution < 1.29 is 24.2 Å². The number of aliphatic hydroxyl groups is 2. The fourth-order valence-electron chi connectivity index (χ4n) is 3.80. The van der Waals surface area contributed by atoms with Gasteiger partial charge < -0.3 is 25.1 Å². The van der Waals surface area contributed by atoms with Gasteiger partial charge >= 0.3 is 0 Å². The fraction of sp³-hybridized carbons (Fsp3) is 0.480. The van der Waals surface area contributed by atoms with Gasteiger partial charge in [-0.3, -0.25) is 4.79 Å². The van der Waals surface area contributed by atoms with E-state index in [9.17, 15) is 15.0 Å². The number of aliphatic hydroxyl groups excluding tert-OH is 2. The second-order valence-corrected chi connectivity index (χ2v) is 9.86. The van der Waals surface area contributed by atoms with Crippen molar-refractivity contribution >= 4 is 17.2 Å². The summed E-state index contributed by atoms with van der Waals surface area (Å²) in [5.41, 5.74) is 10.1. The molecule has 2 aromatic heterocycles. The van der Waals surface area contributed by atoms with Gasteiger partial charge in [-0.25, -0.2) is 0 Å². The van der Waals surface area contributed by atoms with Gasteiger partial charge in [0.15, 0.2) is 0 Å². The van der Waals surface area contributed by atoms with Crippen LogP contribution in [0, 0.1) is 19.8 Å². The molecule has 2 atom stereocenters. The van der Waals surface area contributed by atoms with Crippen LogP contribution in [0.4, 0.5) is 0 Å². The highest BCUT2D eigenvalue weighted by Crippen LogP contribution is 2.36. The molecule has 184 valence electrons. The third kappa shape index (κ3) is 6.02. The minimum Gasteiger partial charge on any atom is -0.490 e. The van der Waals surface area contributed by atoms with Crippen molar-refractivity contribution in [3.63, 3.8) is 0 Å². The molecule has 8 nitrogen and oxygen atoms in total. The van der Waals surface area contributed by atoms with Crippen molar-refractivity contribution in [2.45, 2.75) is 66.1 Å². The molecular formula is C25H33N3O5S. The topological polar surface area (TPSA) is 132 Å². The summed E-state index contributed by atoms with van der Waals surface area (Å²) in [6, 6.07) is 3.84. The molecule has 0 aliphatic heterocycles. The number of primary amides is 1. The molecule has 1 amide bonds. The van der Waals surface area contributed by atoms with Gasteiger partial charge in [0, 0.05) is 12.0 Å². The average molecular weight is 488 g/mol. The van der Waals surface area contributed by atoms with Gasteiger partial charge in [-0.05, 0) is 72.4 Å². The van der Waals surface area contributed by atoms with E-state index in [4.69, 9.17) is 14.9 Å². The van der Waals surface area contributed by atoms with Crippen molar-refractivity contribution in [3.8, 4) is 28.0 Å². The smallest absolute Gasteiger partial charge is 0.258 e. The summed E-state index contributed by atoms with van der Waals surface area (Å²) in [6.07, 6.45) is -0.917. The molecule has 1 unspecified atom stereocenters. The number of ether oxygens (including phenoxy) is 1. The predicted octanol–water partition coefficient (Wildman–Crippen LogP) is 3.82. The first-order chi connectivity index (χ1) is 16.1.